The van der Waals surface area contributed by atoms with Crippen LogP contribution >= 0.6 is 0 Å². The van der Waals surface area contributed by atoms with Crippen LogP contribution in [0.15, 0.2) is 30.5 Å². The first-order valence-electron chi connectivity index (χ1n) is 6.23. The monoisotopic (exact) mass is 241 g/mol. The topological polar surface area (TPSA) is 54.0 Å². The van der Waals surface area contributed by atoms with E-state index in [1.165, 1.54) is 0 Å². The summed E-state index contributed by atoms with van der Waals surface area (Å²) in [5.41, 5.74) is 2.83. The molecular formula is C14H15N3O. The van der Waals surface area contributed by atoms with Gasteiger partial charge in [0.25, 0.3) is 0 Å². The molecule has 2 aromatic rings. The van der Waals surface area contributed by atoms with Gasteiger partial charge in [-0.25, -0.2) is 0 Å². The molecule has 2 heterocycles. The smallest absolute Gasteiger partial charge is 0.246 e. The third kappa shape index (κ3) is 1.66. The zero-order valence-corrected chi connectivity index (χ0v) is 10.2. The number of rotatable bonds is 3. The molecule has 0 radical (unpaired) electrons. The third-order valence-electron chi connectivity index (χ3n) is 3.24. The quantitative estimate of drug-likeness (QED) is 0.866. The van der Waals surface area contributed by atoms with Crippen LogP contribution in [-0.2, 0) is 4.79 Å². The first-order chi connectivity index (χ1) is 8.81. The van der Waals surface area contributed by atoms with Crippen molar-refractivity contribution in [3.63, 3.8) is 0 Å². The van der Waals surface area contributed by atoms with E-state index in [1.807, 2.05) is 24.3 Å². The Balaban J connectivity index is 2.09. The van der Waals surface area contributed by atoms with E-state index in [9.17, 15) is 4.79 Å². The molecule has 0 bridgehead atoms. The van der Waals surface area contributed by atoms with Crippen LogP contribution in [0.25, 0.3) is 10.9 Å². The summed E-state index contributed by atoms with van der Waals surface area (Å²) < 4.78 is 0. The van der Waals surface area contributed by atoms with Crippen molar-refractivity contribution >= 4 is 22.5 Å². The Hall–Kier alpha value is -1.94. The van der Waals surface area contributed by atoms with E-state index in [-0.39, 0.29) is 11.9 Å². The molecule has 1 amide bonds. The second kappa shape index (κ2) is 4.38. The Bertz CT molecular complexity index is 609. The lowest BCUT2D eigenvalue weighted by Crippen LogP contribution is -2.27. The SMILES string of the molecule is CCCNC1C(=O)Nc2c1ccc1ncccc21. The summed E-state index contributed by atoms with van der Waals surface area (Å²) in [7, 11) is 0. The van der Waals surface area contributed by atoms with Gasteiger partial charge in [-0.3, -0.25) is 9.78 Å². The molecule has 4 nitrogen and oxygen atoms in total. The van der Waals surface area contributed by atoms with Crippen LogP contribution in [0.4, 0.5) is 5.69 Å². The van der Waals surface area contributed by atoms with Crippen LogP contribution in [0.2, 0.25) is 0 Å². The fourth-order valence-corrected chi connectivity index (χ4v) is 2.38. The number of amides is 1. The fraction of sp³-hybridized carbons (Fsp3) is 0.286. The number of fused-ring (bicyclic) bond motifs is 3. The number of aromatic nitrogens is 1. The largest absolute Gasteiger partial charge is 0.323 e. The molecule has 1 unspecified atom stereocenters. The van der Waals surface area contributed by atoms with E-state index in [4.69, 9.17) is 0 Å². The molecule has 1 atom stereocenters. The van der Waals surface area contributed by atoms with E-state index in [1.54, 1.807) is 6.20 Å². The van der Waals surface area contributed by atoms with Crippen LogP contribution in [0.1, 0.15) is 24.9 Å². The fourth-order valence-electron chi connectivity index (χ4n) is 2.38. The van der Waals surface area contributed by atoms with Gasteiger partial charge in [0.2, 0.25) is 5.91 Å². The van der Waals surface area contributed by atoms with E-state index in [2.05, 4.69) is 22.5 Å². The zero-order valence-electron chi connectivity index (χ0n) is 10.2. The average Bonchev–Trinajstić information content (AvgIpc) is 2.72. The molecule has 1 aliphatic rings. The average molecular weight is 241 g/mol. The number of benzene rings is 1. The van der Waals surface area contributed by atoms with Gasteiger partial charge in [0.1, 0.15) is 6.04 Å². The Morgan fingerprint density at radius 2 is 2.28 bits per heavy atom. The normalized spacial score (nSPS) is 17.8. The van der Waals surface area contributed by atoms with Gasteiger partial charge in [-0.15, -0.1) is 0 Å². The molecule has 0 saturated heterocycles. The van der Waals surface area contributed by atoms with Crippen molar-refractivity contribution < 1.29 is 4.79 Å². The molecule has 0 aliphatic carbocycles. The maximum Gasteiger partial charge on any atom is 0.246 e. The molecular weight excluding hydrogens is 226 g/mol. The number of pyridine rings is 1. The lowest BCUT2D eigenvalue weighted by Gasteiger charge is -2.10. The van der Waals surface area contributed by atoms with Crippen LogP contribution in [-0.4, -0.2) is 17.4 Å². The van der Waals surface area contributed by atoms with Crippen LogP contribution in [0.3, 0.4) is 0 Å². The van der Waals surface area contributed by atoms with Gasteiger partial charge in [-0.1, -0.05) is 13.0 Å². The van der Waals surface area contributed by atoms with Crippen molar-refractivity contribution in [2.45, 2.75) is 19.4 Å². The summed E-state index contributed by atoms with van der Waals surface area (Å²) in [5.74, 6) is 0.0230. The number of nitrogens with one attached hydrogen (secondary N) is 2. The first-order valence-corrected chi connectivity index (χ1v) is 6.23. The Labute approximate surface area is 105 Å². The number of carbonyl (C=O) groups excluding carboxylic acids is 1. The minimum Gasteiger partial charge on any atom is -0.323 e. The van der Waals surface area contributed by atoms with Gasteiger partial charge in [-0.2, -0.15) is 0 Å². The summed E-state index contributed by atoms with van der Waals surface area (Å²) in [6.45, 7) is 2.92. The van der Waals surface area contributed by atoms with Crippen LogP contribution in [0.5, 0.6) is 0 Å². The summed E-state index contributed by atoms with van der Waals surface area (Å²) >= 11 is 0. The second-order valence-corrected chi connectivity index (χ2v) is 4.48. The molecule has 3 rings (SSSR count). The molecule has 0 saturated carbocycles. The highest BCUT2D eigenvalue weighted by molar-refractivity contribution is 6.10. The predicted octanol–water partition coefficient (Wildman–Crippen LogP) is 2.23. The lowest BCUT2D eigenvalue weighted by molar-refractivity contribution is -0.117. The second-order valence-electron chi connectivity index (χ2n) is 4.48. The maximum absolute atomic E-state index is 12.0. The standard InChI is InChI=1S/C14H15N3O/c1-2-7-16-13-10-5-6-11-9(4-3-8-15-11)12(10)17-14(13)18/h3-6,8,13,16H,2,7H2,1H3,(H,17,18). The number of nitrogens with zero attached hydrogens (tertiary/aromatic N) is 1. The van der Waals surface area contributed by atoms with Gasteiger partial charge in [0, 0.05) is 17.1 Å². The molecule has 0 fully saturated rings. The molecule has 1 aromatic carbocycles. The van der Waals surface area contributed by atoms with Crippen LogP contribution < -0.4 is 10.6 Å². The van der Waals surface area contributed by atoms with E-state index >= 15 is 0 Å². The number of carbonyl (C=O) groups is 1. The van der Waals surface area contributed by atoms with Gasteiger partial charge < -0.3 is 10.6 Å². The minimum absolute atomic E-state index is 0.0230. The van der Waals surface area contributed by atoms with Gasteiger partial charge in [-0.05, 0) is 31.2 Å². The van der Waals surface area contributed by atoms with E-state index in [0.29, 0.717) is 0 Å². The zero-order chi connectivity index (χ0) is 12.5. The van der Waals surface area contributed by atoms with Gasteiger partial charge in [0.05, 0.1) is 11.2 Å². The predicted molar refractivity (Wildman–Crippen MR) is 71.4 cm³/mol. The summed E-state index contributed by atoms with van der Waals surface area (Å²) in [4.78, 5) is 16.3. The van der Waals surface area contributed by atoms with Crippen molar-refractivity contribution in [1.82, 2.24) is 10.3 Å². The van der Waals surface area contributed by atoms with E-state index in [0.717, 1.165) is 35.1 Å². The number of hydrogen-bond acceptors (Lipinski definition) is 3. The Morgan fingerprint density at radius 1 is 1.39 bits per heavy atom. The molecule has 0 spiro atoms. The van der Waals surface area contributed by atoms with Crippen molar-refractivity contribution in [1.29, 1.82) is 0 Å². The highest BCUT2D eigenvalue weighted by Crippen LogP contribution is 2.36. The minimum atomic E-state index is -0.232. The Morgan fingerprint density at radius 3 is 3.11 bits per heavy atom. The molecule has 4 heteroatoms. The molecule has 92 valence electrons. The van der Waals surface area contributed by atoms with E-state index < -0.39 is 0 Å². The van der Waals surface area contributed by atoms with Gasteiger partial charge >= 0.3 is 0 Å². The van der Waals surface area contributed by atoms with Crippen molar-refractivity contribution in [2.75, 3.05) is 11.9 Å². The number of anilines is 1. The number of hydrogen-bond donors (Lipinski definition) is 2. The molecule has 1 aromatic heterocycles. The highest BCUT2D eigenvalue weighted by Gasteiger charge is 2.30. The molecule has 2 N–H and O–H groups in total. The van der Waals surface area contributed by atoms with Crippen molar-refractivity contribution in [2.24, 2.45) is 0 Å². The lowest BCUT2D eigenvalue weighted by atomic mass is 10.0. The first kappa shape index (κ1) is 11.2. The maximum atomic E-state index is 12.0. The third-order valence-corrected chi connectivity index (χ3v) is 3.24. The molecule has 18 heavy (non-hydrogen) atoms. The van der Waals surface area contributed by atoms with Crippen molar-refractivity contribution in [3.05, 3.63) is 36.0 Å². The summed E-state index contributed by atoms with van der Waals surface area (Å²) in [5, 5.41) is 7.23. The highest BCUT2D eigenvalue weighted by atomic mass is 16.2. The van der Waals surface area contributed by atoms with Crippen LogP contribution in [0, 0.1) is 0 Å². The Kier molecular flexibility index (Phi) is 2.72. The summed E-state index contributed by atoms with van der Waals surface area (Å²) in [6, 6.07) is 7.60. The van der Waals surface area contributed by atoms with Crippen molar-refractivity contribution in [3.8, 4) is 0 Å². The summed E-state index contributed by atoms with van der Waals surface area (Å²) in [6.07, 6.45) is 2.77. The van der Waals surface area contributed by atoms with Gasteiger partial charge in [0.15, 0.2) is 0 Å². The molecule has 1 aliphatic heterocycles.